The number of anilines is 2. The second-order valence-corrected chi connectivity index (χ2v) is 3.10. The smallest absolute Gasteiger partial charge is 0.134 e. The van der Waals surface area contributed by atoms with Crippen molar-refractivity contribution in [2.24, 2.45) is 0 Å². The third kappa shape index (κ3) is 3.36. The van der Waals surface area contributed by atoms with Crippen LogP contribution in [0.15, 0.2) is 12.4 Å². The third-order valence-electron chi connectivity index (χ3n) is 2.09. The van der Waals surface area contributed by atoms with Crippen LogP contribution in [0.1, 0.15) is 13.8 Å². The zero-order valence-electron chi connectivity index (χ0n) is 9.27. The van der Waals surface area contributed by atoms with Crippen molar-refractivity contribution in [3.8, 4) is 0 Å². The highest BCUT2D eigenvalue weighted by atomic mass is 16.3. The molecule has 0 aliphatic carbocycles. The third-order valence-corrected chi connectivity index (χ3v) is 2.09. The molecule has 0 bridgehead atoms. The van der Waals surface area contributed by atoms with Gasteiger partial charge < -0.3 is 15.3 Å². The Balaban J connectivity index is 2.77. The van der Waals surface area contributed by atoms with E-state index in [-0.39, 0.29) is 6.61 Å². The van der Waals surface area contributed by atoms with Gasteiger partial charge in [-0.15, -0.1) is 0 Å². The highest BCUT2D eigenvalue weighted by Crippen LogP contribution is 2.13. The maximum Gasteiger partial charge on any atom is 0.134 e. The van der Waals surface area contributed by atoms with Gasteiger partial charge in [0.05, 0.1) is 6.61 Å². The molecule has 1 aromatic rings. The van der Waals surface area contributed by atoms with E-state index in [1.54, 1.807) is 0 Å². The molecule has 0 amide bonds. The van der Waals surface area contributed by atoms with Crippen molar-refractivity contribution in [1.82, 2.24) is 9.97 Å². The van der Waals surface area contributed by atoms with Crippen LogP contribution in [0.3, 0.4) is 0 Å². The molecular weight excluding hydrogens is 192 g/mol. The van der Waals surface area contributed by atoms with Gasteiger partial charge in [0.15, 0.2) is 0 Å². The van der Waals surface area contributed by atoms with Gasteiger partial charge in [0.1, 0.15) is 18.0 Å². The van der Waals surface area contributed by atoms with Crippen molar-refractivity contribution < 1.29 is 5.11 Å². The Morgan fingerprint density at radius 1 is 1.40 bits per heavy atom. The van der Waals surface area contributed by atoms with Gasteiger partial charge in [-0.05, 0) is 13.8 Å². The Bertz CT molecular complexity index is 293. The van der Waals surface area contributed by atoms with E-state index in [4.69, 9.17) is 5.11 Å². The largest absolute Gasteiger partial charge is 0.395 e. The molecule has 0 radical (unpaired) electrons. The van der Waals surface area contributed by atoms with Crippen LogP contribution in [0, 0.1) is 0 Å². The van der Waals surface area contributed by atoms with Crippen molar-refractivity contribution in [3.05, 3.63) is 12.4 Å². The first kappa shape index (κ1) is 11.7. The fourth-order valence-electron chi connectivity index (χ4n) is 1.35. The first-order valence-electron chi connectivity index (χ1n) is 5.23. The van der Waals surface area contributed by atoms with E-state index in [1.165, 1.54) is 6.33 Å². The molecule has 0 aliphatic rings. The number of aliphatic hydroxyl groups is 1. The lowest BCUT2D eigenvalue weighted by Crippen LogP contribution is -2.27. The Labute approximate surface area is 90.2 Å². The zero-order chi connectivity index (χ0) is 11.1. The lowest BCUT2D eigenvalue weighted by atomic mass is 10.4. The highest BCUT2D eigenvalue weighted by Gasteiger charge is 2.05. The van der Waals surface area contributed by atoms with Crippen molar-refractivity contribution in [1.29, 1.82) is 0 Å². The second kappa shape index (κ2) is 6.19. The van der Waals surface area contributed by atoms with Gasteiger partial charge >= 0.3 is 0 Å². The molecule has 0 fully saturated rings. The van der Waals surface area contributed by atoms with Crippen LogP contribution in [0.25, 0.3) is 0 Å². The number of hydrogen-bond acceptors (Lipinski definition) is 5. The molecule has 0 saturated heterocycles. The Kier molecular flexibility index (Phi) is 4.83. The summed E-state index contributed by atoms with van der Waals surface area (Å²) >= 11 is 0. The van der Waals surface area contributed by atoms with Gasteiger partial charge in [-0.25, -0.2) is 9.97 Å². The van der Waals surface area contributed by atoms with E-state index < -0.39 is 0 Å². The van der Waals surface area contributed by atoms with Crippen LogP contribution in [0.2, 0.25) is 0 Å². The number of nitrogens with zero attached hydrogens (tertiary/aromatic N) is 3. The molecule has 1 aromatic heterocycles. The molecule has 1 rings (SSSR count). The molecule has 0 spiro atoms. The Hall–Kier alpha value is -1.36. The maximum absolute atomic E-state index is 8.90. The van der Waals surface area contributed by atoms with Crippen LogP contribution in [0.4, 0.5) is 11.6 Å². The number of rotatable bonds is 6. The minimum absolute atomic E-state index is 0.133. The molecule has 0 unspecified atom stereocenters. The molecular formula is C10H18N4O. The molecule has 2 N–H and O–H groups in total. The summed E-state index contributed by atoms with van der Waals surface area (Å²) in [6.07, 6.45) is 1.54. The lowest BCUT2D eigenvalue weighted by Gasteiger charge is -2.20. The van der Waals surface area contributed by atoms with Crippen LogP contribution >= 0.6 is 0 Å². The molecule has 0 aliphatic heterocycles. The Morgan fingerprint density at radius 2 is 2.20 bits per heavy atom. The van der Waals surface area contributed by atoms with E-state index in [0.717, 1.165) is 24.7 Å². The van der Waals surface area contributed by atoms with Crippen LogP contribution in [-0.2, 0) is 0 Å². The number of hydrogen-bond donors (Lipinski definition) is 2. The SMILES string of the molecule is CCNc1cc(N(CC)CCO)ncn1. The summed E-state index contributed by atoms with van der Waals surface area (Å²) in [5.74, 6) is 1.66. The van der Waals surface area contributed by atoms with Gasteiger partial charge in [0.2, 0.25) is 0 Å². The molecule has 5 nitrogen and oxygen atoms in total. The average Bonchev–Trinajstić information content (AvgIpc) is 2.27. The standard InChI is InChI=1S/C10H18N4O/c1-3-11-9-7-10(13-8-12-9)14(4-2)5-6-15/h7-8,15H,3-6H2,1-2H3,(H,11,12,13). The molecule has 5 heteroatoms. The minimum atomic E-state index is 0.133. The summed E-state index contributed by atoms with van der Waals surface area (Å²) in [7, 11) is 0. The fourth-order valence-corrected chi connectivity index (χ4v) is 1.35. The van der Waals surface area contributed by atoms with E-state index in [9.17, 15) is 0 Å². The minimum Gasteiger partial charge on any atom is -0.395 e. The first-order valence-corrected chi connectivity index (χ1v) is 5.23. The van der Waals surface area contributed by atoms with E-state index in [0.29, 0.717) is 6.54 Å². The van der Waals surface area contributed by atoms with Crippen LogP contribution in [-0.4, -0.2) is 41.3 Å². The van der Waals surface area contributed by atoms with Crippen molar-refractivity contribution in [2.75, 3.05) is 36.5 Å². The topological polar surface area (TPSA) is 61.3 Å². The van der Waals surface area contributed by atoms with Crippen molar-refractivity contribution >= 4 is 11.6 Å². The van der Waals surface area contributed by atoms with Crippen molar-refractivity contribution in [2.45, 2.75) is 13.8 Å². The van der Waals surface area contributed by atoms with Crippen LogP contribution in [0.5, 0.6) is 0 Å². The second-order valence-electron chi connectivity index (χ2n) is 3.10. The summed E-state index contributed by atoms with van der Waals surface area (Å²) < 4.78 is 0. The monoisotopic (exact) mass is 210 g/mol. The van der Waals surface area contributed by atoms with E-state index in [2.05, 4.69) is 15.3 Å². The number of aromatic nitrogens is 2. The molecule has 0 saturated carbocycles. The predicted molar refractivity (Wildman–Crippen MR) is 61.2 cm³/mol. The zero-order valence-corrected chi connectivity index (χ0v) is 9.27. The lowest BCUT2D eigenvalue weighted by molar-refractivity contribution is 0.302. The molecule has 15 heavy (non-hydrogen) atoms. The van der Waals surface area contributed by atoms with Gasteiger partial charge in [0.25, 0.3) is 0 Å². The first-order chi connectivity index (χ1) is 7.31. The number of nitrogens with one attached hydrogen (secondary N) is 1. The summed E-state index contributed by atoms with van der Waals surface area (Å²) in [6, 6.07) is 1.89. The molecule has 84 valence electrons. The number of likely N-dealkylation sites (N-methyl/N-ethyl adjacent to an activating group) is 1. The molecule has 1 heterocycles. The van der Waals surface area contributed by atoms with Crippen molar-refractivity contribution in [3.63, 3.8) is 0 Å². The summed E-state index contributed by atoms with van der Waals surface area (Å²) in [4.78, 5) is 10.3. The van der Waals surface area contributed by atoms with Gasteiger partial charge in [-0.3, -0.25) is 0 Å². The molecule has 0 aromatic carbocycles. The van der Waals surface area contributed by atoms with Gasteiger partial charge in [-0.1, -0.05) is 0 Å². The summed E-state index contributed by atoms with van der Waals surface area (Å²) in [6.45, 7) is 6.44. The normalized spacial score (nSPS) is 10.1. The summed E-state index contributed by atoms with van der Waals surface area (Å²) in [5, 5.41) is 12.0. The highest BCUT2D eigenvalue weighted by molar-refractivity contribution is 5.48. The average molecular weight is 210 g/mol. The van der Waals surface area contributed by atoms with Gasteiger partial charge in [-0.2, -0.15) is 0 Å². The van der Waals surface area contributed by atoms with E-state index in [1.807, 2.05) is 24.8 Å². The maximum atomic E-state index is 8.90. The number of aliphatic hydroxyl groups excluding tert-OH is 1. The quantitative estimate of drug-likeness (QED) is 0.724. The van der Waals surface area contributed by atoms with E-state index >= 15 is 0 Å². The predicted octanol–water partition coefficient (Wildman–Crippen LogP) is 0.727. The summed E-state index contributed by atoms with van der Waals surface area (Å²) in [5.41, 5.74) is 0. The van der Waals surface area contributed by atoms with Crippen LogP contribution < -0.4 is 10.2 Å². The van der Waals surface area contributed by atoms with Gasteiger partial charge in [0, 0.05) is 25.7 Å². The molecule has 0 atom stereocenters. The fraction of sp³-hybridized carbons (Fsp3) is 0.600. The Morgan fingerprint density at radius 3 is 2.80 bits per heavy atom.